The highest BCUT2D eigenvalue weighted by Crippen LogP contribution is 2.19. The van der Waals surface area contributed by atoms with Crippen LogP contribution in [0.3, 0.4) is 0 Å². The van der Waals surface area contributed by atoms with Gasteiger partial charge in [-0.2, -0.15) is 0 Å². The minimum Gasteiger partial charge on any atom is -0.497 e. The maximum atomic E-state index is 12.1. The van der Waals surface area contributed by atoms with Crippen molar-refractivity contribution in [2.45, 2.75) is 6.92 Å². The molecular weight excluding hydrogens is 308 g/mol. The van der Waals surface area contributed by atoms with E-state index in [9.17, 15) is 9.59 Å². The second-order valence-electron chi connectivity index (χ2n) is 5.08. The summed E-state index contributed by atoms with van der Waals surface area (Å²) in [5, 5.41) is 0. The van der Waals surface area contributed by atoms with Gasteiger partial charge in [-0.1, -0.05) is 6.58 Å². The summed E-state index contributed by atoms with van der Waals surface area (Å²) in [5.41, 5.74) is 0.819. The van der Waals surface area contributed by atoms with Gasteiger partial charge in [-0.3, -0.25) is 4.79 Å². The molecule has 0 saturated carbocycles. The van der Waals surface area contributed by atoms with Gasteiger partial charge in [0.15, 0.2) is 12.4 Å². The molecule has 2 aromatic carbocycles. The van der Waals surface area contributed by atoms with Crippen molar-refractivity contribution in [1.29, 1.82) is 0 Å². The lowest BCUT2D eigenvalue weighted by molar-refractivity contribution is -0.117. The lowest BCUT2D eigenvalue weighted by atomic mass is 10.2. The molecule has 0 aromatic heterocycles. The highest BCUT2D eigenvalue weighted by molar-refractivity contribution is 5.95. The third-order valence-corrected chi connectivity index (χ3v) is 3.21. The first-order chi connectivity index (χ1) is 11.5. The van der Waals surface area contributed by atoms with Gasteiger partial charge in [0, 0.05) is 0 Å². The molecule has 5 heteroatoms. The van der Waals surface area contributed by atoms with Crippen LogP contribution in [0.15, 0.2) is 60.7 Å². The first-order valence-corrected chi connectivity index (χ1v) is 7.27. The minimum absolute atomic E-state index is 0.0784. The number of hydrogen-bond acceptors (Lipinski definition) is 5. The Morgan fingerprint density at radius 1 is 0.917 bits per heavy atom. The number of carbonyl (C=O) groups is 2. The highest BCUT2D eigenvalue weighted by atomic mass is 16.5. The van der Waals surface area contributed by atoms with Crippen LogP contribution >= 0.6 is 0 Å². The van der Waals surface area contributed by atoms with E-state index in [4.69, 9.17) is 14.2 Å². The molecule has 0 amide bonds. The smallest absolute Gasteiger partial charge is 0.343 e. The quantitative estimate of drug-likeness (QED) is 0.443. The van der Waals surface area contributed by atoms with E-state index in [1.54, 1.807) is 62.6 Å². The Kier molecular flexibility index (Phi) is 5.73. The molecule has 2 rings (SSSR count). The van der Waals surface area contributed by atoms with Crippen LogP contribution in [0.4, 0.5) is 0 Å². The van der Waals surface area contributed by atoms with Crippen LogP contribution in [0.2, 0.25) is 0 Å². The summed E-state index contributed by atoms with van der Waals surface area (Å²) in [5.74, 6) is 0.946. The number of methoxy groups -OCH3 is 1. The molecule has 0 aliphatic heterocycles. The Morgan fingerprint density at radius 3 is 2.00 bits per heavy atom. The van der Waals surface area contributed by atoms with Crippen molar-refractivity contribution in [1.82, 2.24) is 0 Å². The third kappa shape index (κ3) is 4.71. The SMILES string of the molecule is C=C(C)C(=O)COc1ccc(C(=O)Oc2ccc(OC)cc2)cc1. The van der Waals surface area contributed by atoms with E-state index in [1.165, 1.54) is 0 Å². The summed E-state index contributed by atoms with van der Waals surface area (Å²) in [6.45, 7) is 5.11. The highest BCUT2D eigenvalue weighted by Gasteiger charge is 2.10. The maximum absolute atomic E-state index is 12.1. The summed E-state index contributed by atoms with van der Waals surface area (Å²) in [4.78, 5) is 23.5. The molecule has 0 radical (unpaired) electrons. The van der Waals surface area contributed by atoms with E-state index in [1.807, 2.05) is 0 Å². The normalized spacial score (nSPS) is 9.92. The van der Waals surface area contributed by atoms with E-state index in [2.05, 4.69) is 6.58 Å². The van der Waals surface area contributed by atoms with Gasteiger partial charge < -0.3 is 14.2 Å². The van der Waals surface area contributed by atoms with Gasteiger partial charge in [0.05, 0.1) is 12.7 Å². The van der Waals surface area contributed by atoms with E-state index >= 15 is 0 Å². The minimum atomic E-state index is -0.482. The molecule has 0 bridgehead atoms. The van der Waals surface area contributed by atoms with Crippen LogP contribution in [0.5, 0.6) is 17.2 Å². The third-order valence-electron chi connectivity index (χ3n) is 3.21. The number of carbonyl (C=O) groups excluding carboxylic acids is 2. The number of Topliss-reactive ketones (excluding diaryl/α,β-unsaturated/α-hetero) is 1. The molecule has 0 N–H and O–H groups in total. The topological polar surface area (TPSA) is 61.8 Å². The summed E-state index contributed by atoms with van der Waals surface area (Å²) in [6.07, 6.45) is 0. The largest absolute Gasteiger partial charge is 0.497 e. The van der Waals surface area contributed by atoms with Crippen LogP contribution in [0.1, 0.15) is 17.3 Å². The first kappa shape index (κ1) is 17.3. The lowest BCUT2D eigenvalue weighted by Gasteiger charge is -2.07. The van der Waals surface area contributed by atoms with Gasteiger partial charge in [0.2, 0.25) is 0 Å². The van der Waals surface area contributed by atoms with Crippen molar-refractivity contribution in [2.24, 2.45) is 0 Å². The zero-order valence-corrected chi connectivity index (χ0v) is 13.6. The number of ether oxygens (including phenoxy) is 3. The number of esters is 1. The molecule has 0 unspecified atom stereocenters. The molecule has 0 saturated heterocycles. The Labute approximate surface area is 140 Å². The van der Waals surface area contributed by atoms with Crippen LogP contribution in [-0.2, 0) is 4.79 Å². The van der Waals surface area contributed by atoms with Crippen molar-refractivity contribution in [3.05, 3.63) is 66.2 Å². The number of rotatable bonds is 7. The monoisotopic (exact) mass is 326 g/mol. The van der Waals surface area contributed by atoms with Crippen molar-refractivity contribution < 1.29 is 23.8 Å². The summed E-state index contributed by atoms with van der Waals surface area (Å²) in [7, 11) is 1.56. The van der Waals surface area contributed by atoms with E-state index in [-0.39, 0.29) is 12.4 Å². The molecule has 2 aromatic rings. The molecule has 124 valence electrons. The Morgan fingerprint density at radius 2 is 1.46 bits per heavy atom. The molecule has 0 spiro atoms. The number of ketones is 1. The maximum Gasteiger partial charge on any atom is 0.343 e. The molecule has 5 nitrogen and oxygen atoms in total. The van der Waals surface area contributed by atoms with Crippen LogP contribution in [0.25, 0.3) is 0 Å². The predicted octanol–water partition coefficient (Wildman–Crippen LogP) is 3.44. The standard InChI is InChI=1S/C19H18O5/c1-13(2)18(20)12-23-16-6-4-14(5-7-16)19(21)24-17-10-8-15(22-3)9-11-17/h4-11H,1,12H2,2-3H3. The summed E-state index contributed by atoms with van der Waals surface area (Å²) >= 11 is 0. The zero-order valence-electron chi connectivity index (χ0n) is 13.6. The average Bonchev–Trinajstić information content (AvgIpc) is 2.60. The van der Waals surface area contributed by atoms with Gasteiger partial charge in [-0.15, -0.1) is 0 Å². The summed E-state index contributed by atoms with van der Waals surface area (Å²) in [6, 6.07) is 13.1. The van der Waals surface area contributed by atoms with Crippen molar-refractivity contribution >= 4 is 11.8 Å². The molecular formula is C19H18O5. The van der Waals surface area contributed by atoms with Gasteiger partial charge in [-0.05, 0) is 61.0 Å². The van der Waals surface area contributed by atoms with Crippen LogP contribution < -0.4 is 14.2 Å². The van der Waals surface area contributed by atoms with Gasteiger partial charge in [0.25, 0.3) is 0 Å². The van der Waals surface area contributed by atoms with Crippen molar-refractivity contribution in [2.75, 3.05) is 13.7 Å². The van der Waals surface area contributed by atoms with Gasteiger partial charge in [-0.25, -0.2) is 4.79 Å². The fourth-order valence-electron chi connectivity index (χ4n) is 1.77. The fraction of sp³-hybridized carbons (Fsp3) is 0.158. The Bertz CT molecular complexity index is 729. The van der Waals surface area contributed by atoms with Crippen molar-refractivity contribution in [3.63, 3.8) is 0 Å². The second-order valence-corrected chi connectivity index (χ2v) is 5.08. The van der Waals surface area contributed by atoms with Gasteiger partial charge >= 0.3 is 5.97 Å². The Balaban J connectivity index is 1.95. The molecule has 0 heterocycles. The first-order valence-electron chi connectivity index (χ1n) is 7.27. The van der Waals surface area contributed by atoms with Gasteiger partial charge in [0.1, 0.15) is 17.2 Å². The number of hydrogen-bond donors (Lipinski definition) is 0. The molecule has 0 aliphatic rings. The van der Waals surface area contributed by atoms with E-state index in [0.29, 0.717) is 28.4 Å². The second kappa shape index (κ2) is 7.97. The number of benzene rings is 2. The van der Waals surface area contributed by atoms with E-state index in [0.717, 1.165) is 0 Å². The molecule has 24 heavy (non-hydrogen) atoms. The molecule has 0 atom stereocenters. The average molecular weight is 326 g/mol. The predicted molar refractivity (Wildman–Crippen MR) is 89.7 cm³/mol. The fourth-order valence-corrected chi connectivity index (χ4v) is 1.77. The lowest BCUT2D eigenvalue weighted by Crippen LogP contribution is -2.12. The molecule has 0 fully saturated rings. The Hall–Kier alpha value is -3.08. The van der Waals surface area contributed by atoms with Crippen LogP contribution in [0, 0.1) is 0 Å². The van der Waals surface area contributed by atoms with Crippen LogP contribution in [-0.4, -0.2) is 25.5 Å². The molecule has 0 aliphatic carbocycles. The summed E-state index contributed by atoms with van der Waals surface area (Å²) < 4.78 is 15.6. The zero-order chi connectivity index (χ0) is 17.5. The van der Waals surface area contributed by atoms with Crippen molar-refractivity contribution in [3.8, 4) is 17.2 Å². The van der Waals surface area contributed by atoms with E-state index < -0.39 is 5.97 Å².